The molecule has 2 atom stereocenters. The molecule has 2 heteroatoms. The Morgan fingerprint density at radius 2 is 1.38 bits per heavy atom. The average molecular weight is 395 g/mol. The monoisotopic (exact) mass is 394 g/mol. The van der Waals surface area contributed by atoms with Gasteiger partial charge in [0.05, 0.1) is 6.61 Å². The van der Waals surface area contributed by atoms with Crippen LogP contribution in [0.4, 0.5) is 0 Å². The molecule has 0 heterocycles. The first-order valence-electron chi connectivity index (χ1n) is 11.5. The standard InChI is InChI=1S/C16H20O.C11H18O/c1-14-9-11-15(12-10-14)13-17-16-7-5-3-2-4-6-8-16;1-2-10-12-11-8-6-4-3-5-7-9-11/h9-12,16H,2-5,7,13H2,1H3;11H,2-6,8,10H2,1H3. The zero-order valence-corrected chi connectivity index (χ0v) is 18.5. The molecule has 0 spiro atoms. The molecular weight excluding hydrogens is 356 g/mol. The second-order valence-corrected chi connectivity index (χ2v) is 7.99. The van der Waals surface area contributed by atoms with Gasteiger partial charge in [0.25, 0.3) is 0 Å². The number of ether oxygens (including phenoxy) is 2. The summed E-state index contributed by atoms with van der Waals surface area (Å²) in [5.74, 6) is 12.8. The average Bonchev–Trinajstić information content (AvgIpc) is 2.68. The summed E-state index contributed by atoms with van der Waals surface area (Å²) in [6, 6.07) is 8.52. The number of aryl methyl sites for hydroxylation is 1. The molecule has 1 aromatic rings. The maximum atomic E-state index is 5.87. The summed E-state index contributed by atoms with van der Waals surface area (Å²) in [5.41, 5.74) is 2.53. The fourth-order valence-electron chi connectivity index (χ4n) is 3.35. The van der Waals surface area contributed by atoms with E-state index in [2.05, 4.69) is 61.8 Å². The van der Waals surface area contributed by atoms with Gasteiger partial charge >= 0.3 is 0 Å². The highest BCUT2D eigenvalue weighted by Crippen LogP contribution is 2.13. The lowest BCUT2D eigenvalue weighted by molar-refractivity contribution is 0.0704. The van der Waals surface area contributed by atoms with Gasteiger partial charge in [-0.05, 0) is 57.4 Å². The summed E-state index contributed by atoms with van der Waals surface area (Å²) in [5, 5.41) is 0. The lowest BCUT2D eigenvalue weighted by Crippen LogP contribution is -2.12. The van der Waals surface area contributed by atoms with Crippen molar-refractivity contribution < 1.29 is 9.47 Å². The predicted octanol–water partition coefficient (Wildman–Crippen LogP) is 6.60. The van der Waals surface area contributed by atoms with Gasteiger partial charge in [-0.3, -0.25) is 0 Å². The molecular formula is C27H38O2. The Morgan fingerprint density at radius 3 is 1.97 bits per heavy atom. The smallest absolute Gasteiger partial charge is 0.118 e. The largest absolute Gasteiger partial charge is 0.366 e. The molecule has 0 N–H and O–H groups in total. The molecule has 0 saturated heterocycles. The lowest BCUT2D eigenvalue weighted by Gasteiger charge is -2.13. The van der Waals surface area contributed by atoms with Crippen LogP contribution < -0.4 is 0 Å². The van der Waals surface area contributed by atoms with Crippen LogP contribution in [0.2, 0.25) is 0 Å². The second-order valence-electron chi connectivity index (χ2n) is 7.99. The fraction of sp³-hybridized carbons (Fsp3) is 0.630. The predicted molar refractivity (Wildman–Crippen MR) is 122 cm³/mol. The maximum Gasteiger partial charge on any atom is 0.118 e. The van der Waals surface area contributed by atoms with Crippen LogP contribution in [0, 0.1) is 30.6 Å². The van der Waals surface area contributed by atoms with Crippen LogP contribution in [0.5, 0.6) is 0 Å². The van der Waals surface area contributed by atoms with Crippen molar-refractivity contribution in [3.05, 3.63) is 35.4 Å². The van der Waals surface area contributed by atoms with E-state index in [-0.39, 0.29) is 12.2 Å². The Morgan fingerprint density at radius 1 is 0.793 bits per heavy atom. The van der Waals surface area contributed by atoms with Crippen molar-refractivity contribution in [1.82, 2.24) is 0 Å². The van der Waals surface area contributed by atoms with E-state index >= 15 is 0 Å². The van der Waals surface area contributed by atoms with Gasteiger partial charge in [0.2, 0.25) is 0 Å². The number of rotatable bonds is 6. The van der Waals surface area contributed by atoms with Crippen molar-refractivity contribution in [2.24, 2.45) is 0 Å². The zero-order valence-electron chi connectivity index (χ0n) is 18.5. The van der Waals surface area contributed by atoms with Gasteiger partial charge in [-0.1, -0.05) is 61.4 Å². The van der Waals surface area contributed by atoms with E-state index in [1.54, 1.807) is 0 Å². The zero-order chi connectivity index (χ0) is 20.6. The van der Waals surface area contributed by atoms with Crippen molar-refractivity contribution in [1.29, 1.82) is 0 Å². The topological polar surface area (TPSA) is 18.5 Å². The van der Waals surface area contributed by atoms with Crippen LogP contribution in [0.15, 0.2) is 24.3 Å². The summed E-state index contributed by atoms with van der Waals surface area (Å²) in [6.45, 7) is 5.78. The van der Waals surface area contributed by atoms with Crippen LogP contribution in [-0.4, -0.2) is 18.8 Å². The minimum Gasteiger partial charge on any atom is -0.366 e. The van der Waals surface area contributed by atoms with Gasteiger partial charge in [0.15, 0.2) is 0 Å². The molecule has 1 aromatic carbocycles. The molecule has 0 fully saturated rings. The Balaban J connectivity index is 0.000000221. The van der Waals surface area contributed by atoms with Crippen LogP contribution >= 0.6 is 0 Å². The van der Waals surface area contributed by atoms with Gasteiger partial charge in [0.1, 0.15) is 12.2 Å². The molecule has 3 rings (SSSR count). The SMILES string of the molecule is CCCOC1C#CCCCCC1.Cc1ccc(COC2C#CCCCCC2)cc1. The molecule has 29 heavy (non-hydrogen) atoms. The summed E-state index contributed by atoms with van der Waals surface area (Å²) < 4.78 is 11.5. The number of hydrogen-bond donors (Lipinski definition) is 0. The van der Waals surface area contributed by atoms with Crippen LogP contribution in [0.3, 0.4) is 0 Å². The third-order valence-electron chi connectivity index (χ3n) is 5.16. The molecule has 0 radical (unpaired) electrons. The van der Waals surface area contributed by atoms with Crippen molar-refractivity contribution in [3.63, 3.8) is 0 Å². The lowest BCUT2D eigenvalue weighted by atomic mass is 10.1. The third-order valence-corrected chi connectivity index (χ3v) is 5.16. The van der Waals surface area contributed by atoms with E-state index < -0.39 is 0 Å². The molecule has 2 aliphatic rings. The number of benzene rings is 1. The Bertz CT molecular complexity index is 668. The molecule has 0 bridgehead atoms. The Hall–Kier alpha value is -1.74. The maximum absolute atomic E-state index is 5.87. The summed E-state index contributed by atoms with van der Waals surface area (Å²) in [7, 11) is 0. The van der Waals surface area contributed by atoms with Crippen molar-refractivity contribution in [2.45, 2.75) is 103 Å². The highest BCUT2D eigenvalue weighted by molar-refractivity contribution is 5.20. The van der Waals surface area contributed by atoms with E-state index in [0.29, 0.717) is 6.61 Å². The molecule has 0 saturated carbocycles. The quantitative estimate of drug-likeness (QED) is 0.506. The van der Waals surface area contributed by atoms with Crippen LogP contribution in [0.1, 0.15) is 88.7 Å². The fourth-order valence-corrected chi connectivity index (χ4v) is 3.35. The normalized spacial score (nSPS) is 21.4. The van der Waals surface area contributed by atoms with Gasteiger partial charge < -0.3 is 9.47 Å². The molecule has 0 aromatic heterocycles. The highest BCUT2D eigenvalue weighted by Gasteiger charge is 2.07. The molecule has 158 valence electrons. The summed E-state index contributed by atoms with van der Waals surface area (Å²) in [4.78, 5) is 0. The van der Waals surface area contributed by atoms with Gasteiger partial charge in [0, 0.05) is 19.4 Å². The first-order valence-corrected chi connectivity index (χ1v) is 11.5. The van der Waals surface area contributed by atoms with Crippen LogP contribution in [-0.2, 0) is 16.1 Å². The molecule has 2 aliphatic carbocycles. The first-order chi connectivity index (χ1) is 14.3. The molecule has 0 amide bonds. The second kappa shape index (κ2) is 15.1. The van der Waals surface area contributed by atoms with Gasteiger partial charge in [-0.25, -0.2) is 0 Å². The van der Waals surface area contributed by atoms with Crippen molar-refractivity contribution in [2.75, 3.05) is 6.61 Å². The Labute approximate surface area is 178 Å². The summed E-state index contributed by atoms with van der Waals surface area (Å²) >= 11 is 0. The molecule has 2 nitrogen and oxygen atoms in total. The van der Waals surface area contributed by atoms with E-state index in [0.717, 1.165) is 38.7 Å². The van der Waals surface area contributed by atoms with E-state index in [1.807, 2.05) is 0 Å². The van der Waals surface area contributed by atoms with Crippen molar-refractivity contribution in [3.8, 4) is 23.7 Å². The van der Waals surface area contributed by atoms with E-state index in [1.165, 1.54) is 49.7 Å². The number of hydrogen-bond acceptors (Lipinski definition) is 2. The van der Waals surface area contributed by atoms with Crippen LogP contribution in [0.25, 0.3) is 0 Å². The minimum absolute atomic E-state index is 0.136. The molecule has 0 aliphatic heterocycles. The molecule has 2 unspecified atom stereocenters. The van der Waals surface area contributed by atoms with Gasteiger partial charge in [-0.15, -0.1) is 11.8 Å². The van der Waals surface area contributed by atoms with E-state index in [4.69, 9.17) is 9.47 Å². The summed E-state index contributed by atoms with van der Waals surface area (Å²) in [6.07, 6.45) is 13.4. The van der Waals surface area contributed by atoms with Crippen molar-refractivity contribution >= 4 is 0 Å². The van der Waals surface area contributed by atoms with Gasteiger partial charge in [-0.2, -0.15) is 0 Å². The third kappa shape index (κ3) is 11.1. The van der Waals surface area contributed by atoms with E-state index in [9.17, 15) is 0 Å². The first kappa shape index (κ1) is 23.5. The minimum atomic E-state index is 0.136. The Kier molecular flexibility index (Phi) is 12.3. The highest BCUT2D eigenvalue weighted by atomic mass is 16.5.